The largest absolute Gasteiger partial charge is 0.452 e. The Morgan fingerprint density at radius 1 is 1.29 bits per heavy atom. The molecule has 0 radical (unpaired) electrons. The van der Waals surface area contributed by atoms with Gasteiger partial charge in [0.1, 0.15) is 0 Å². The van der Waals surface area contributed by atoms with Crippen LogP contribution in [0.5, 0.6) is 0 Å². The average Bonchev–Trinajstić information content (AvgIpc) is 2.57. The first-order valence-electron chi connectivity index (χ1n) is 7.19. The predicted molar refractivity (Wildman–Crippen MR) is 85.5 cm³/mol. The first kappa shape index (κ1) is 19.6. The van der Waals surface area contributed by atoms with Crippen LogP contribution >= 0.6 is 0 Å². The number of benzene rings is 1. The van der Waals surface area contributed by atoms with Gasteiger partial charge in [-0.25, -0.2) is 17.9 Å². The summed E-state index contributed by atoms with van der Waals surface area (Å²) >= 11 is 0. The molecule has 1 aromatic carbocycles. The fraction of sp³-hybridized carbons (Fsp3) is 0.400. The Hall–Kier alpha value is -2.44. The Morgan fingerprint density at radius 3 is 2.46 bits per heavy atom. The van der Waals surface area contributed by atoms with Crippen molar-refractivity contribution < 1.29 is 22.7 Å². The van der Waals surface area contributed by atoms with Crippen LogP contribution in [0.1, 0.15) is 23.7 Å². The van der Waals surface area contributed by atoms with Crippen LogP contribution in [0.15, 0.2) is 29.2 Å². The van der Waals surface area contributed by atoms with E-state index in [9.17, 15) is 18.0 Å². The van der Waals surface area contributed by atoms with Crippen LogP contribution in [0.4, 0.5) is 0 Å². The van der Waals surface area contributed by atoms with Crippen molar-refractivity contribution in [3.05, 3.63) is 29.8 Å². The van der Waals surface area contributed by atoms with Crippen molar-refractivity contribution in [2.45, 2.75) is 18.2 Å². The summed E-state index contributed by atoms with van der Waals surface area (Å²) < 4.78 is 30.8. The molecule has 0 atom stereocenters. The van der Waals surface area contributed by atoms with Crippen LogP contribution in [0.3, 0.4) is 0 Å². The number of sulfonamides is 1. The van der Waals surface area contributed by atoms with Crippen LogP contribution in [0.2, 0.25) is 0 Å². The van der Waals surface area contributed by atoms with E-state index in [0.717, 1.165) is 0 Å². The van der Waals surface area contributed by atoms with Gasteiger partial charge in [-0.1, -0.05) is 6.92 Å². The Labute approximate surface area is 141 Å². The highest BCUT2D eigenvalue weighted by molar-refractivity contribution is 7.89. The molecule has 0 bridgehead atoms. The van der Waals surface area contributed by atoms with Gasteiger partial charge in [-0.05, 0) is 24.3 Å². The van der Waals surface area contributed by atoms with Crippen molar-refractivity contribution >= 4 is 21.9 Å². The summed E-state index contributed by atoms with van der Waals surface area (Å²) in [6.45, 7) is 1.73. The molecule has 24 heavy (non-hydrogen) atoms. The van der Waals surface area contributed by atoms with Gasteiger partial charge < -0.3 is 9.64 Å². The van der Waals surface area contributed by atoms with Gasteiger partial charge in [0.25, 0.3) is 5.91 Å². The van der Waals surface area contributed by atoms with Gasteiger partial charge >= 0.3 is 5.97 Å². The molecule has 0 aliphatic carbocycles. The van der Waals surface area contributed by atoms with Crippen LogP contribution in [0, 0.1) is 11.3 Å². The third-order valence-electron chi connectivity index (χ3n) is 3.05. The lowest BCUT2D eigenvalue weighted by Crippen LogP contribution is -2.31. The molecule has 1 rings (SSSR count). The van der Waals surface area contributed by atoms with E-state index in [4.69, 9.17) is 10.00 Å². The number of nitrogens with zero attached hydrogens (tertiary/aromatic N) is 2. The fourth-order valence-electron chi connectivity index (χ4n) is 1.71. The second kappa shape index (κ2) is 9.00. The van der Waals surface area contributed by atoms with E-state index < -0.39 is 28.5 Å². The van der Waals surface area contributed by atoms with Crippen molar-refractivity contribution in [2.24, 2.45) is 0 Å². The van der Waals surface area contributed by atoms with Crippen LogP contribution in [0.25, 0.3) is 0 Å². The highest BCUT2D eigenvalue weighted by Gasteiger charge is 2.16. The summed E-state index contributed by atoms with van der Waals surface area (Å²) in [5.74, 6) is -1.16. The monoisotopic (exact) mass is 353 g/mol. The summed E-state index contributed by atoms with van der Waals surface area (Å²) in [7, 11) is -2.08. The summed E-state index contributed by atoms with van der Waals surface area (Å²) in [6.07, 6.45) is 0.192. The number of rotatable bonds is 8. The lowest BCUT2D eigenvalue weighted by molar-refractivity contribution is -0.133. The Bertz CT molecular complexity index is 722. The molecule has 0 saturated heterocycles. The van der Waals surface area contributed by atoms with Gasteiger partial charge in [0.2, 0.25) is 10.0 Å². The van der Waals surface area contributed by atoms with Crippen LogP contribution < -0.4 is 4.72 Å². The second-order valence-electron chi connectivity index (χ2n) is 4.83. The van der Waals surface area contributed by atoms with Crippen molar-refractivity contribution in [3.63, 3.8) is 0 Å². The Balaban J connectivity index is 2.63. The van der Waals surface area contributed by atoms with Gasteiger partial charge in [-0.3, -0.25) is 4.79 Å². The maximum absolute atomic E-state index is 11.9. The van der Waals surface area contributed by atoms with Crippen molar-refractivity contribution in [3.8, 4) is 6.07 Å². The molecule has 1 amide bonds. The molecule has 0 saturated carbocycles. The molecule has 0 fully saturated rings. The van der Waals surface area contributed by atoms with E-state index in [2.05, 4.69) is 4.72 Å². The minimum Gasteiger partial charge on any atom is -0.452 e. The van der Waals surface area contributed by atoms with E-state index in [1.165, 1.54) is 36.2 Å². The van der Waals surface area contributed by atoms with Crippen molar-refractivity contribution in [1.82, 2.24) is 9.62 Å². The van der Waals surface area contributed by atoms with Crippen LogP contribution in [-0.4, -0.2) is 51.9 Å². The fourth-order valence-corrected chi connectivity index (χ4v) is 2.75. The van der Waals surface area contributed by atoms with Gasteiger partial charge in [-0.15, -0.1) is 0 Å². The van der Waals surface area contributed by atoms with Gasteiger partial charge in [0.15, 0.2) is 6.61 Å². The van der Waals surface area contributed by atoms with Gasteiger partial charge in [0, 0.05) is 20.1 Å². The smallest absolute Gasteiger partial charge is 0.338 e. The molecule has 9 heteroatoms. The minimum atomic E-state index is -3.59. The standard InChI is InChI=1S/C15H19N3O5S/c1-3-17-24(21,22)13-7-5-12(6-8-13)15(20)23-11-14(19)18(2)10-4-9-16/h5-8,17H,3-4,10-11H2,1-2H3. The number of ether oxygens (including phenoxy) is 1. The molecule has 1 aromatic rings. The third-order valence-corrected chi connectivity index (χ3v) is 4.61. The maximum atomic E-state index is 11.9. The number of hydrogen-bond acceptors (Lipinski definition) is 6. The highest BCUT2D eigenvalue weighted by Crippen LogP contribution is 2.11. The zero-order valence-electron chi connectivity index (χ0n) is 13.5. The Kier molecular flexibility index (Phi) is 7.35. The molecule has 0 spiro atoms. The first-order valence-corrected chi connectivity index (χ1v) is 8.68. The van der Waals surface area contributed by atoms with Crippen molar-refractivity contribution in [1.29, 1.82) is 5.26 Å². The SMILES string of the molecule is CCNS(=O)(=O)c1ccc(C(=O)OCC(=O)N(C)CCC#N)cc1. The van der Waals surface area contributed by atoms with Crippen molar-refractivity contribution in [2.75, 3.05) is 26.7 Å². The molecule has 1 N–H and O–H groups in total. The molecule has 0 aliphatic heterocycles. The second-order valence-corrected chi connectivity index (χ2v) is 6.59. The summed E-state index contributed by atoms with van der Waals surface area (Å²) in [5.41, 5.74) is 0.137. The minimum absolute atomic E-state index is 0.0354. The number of nitrogens with one attached hydrogen (secondary N) is 1. The first-order chi connectivity index (χ1) is 11.3. The lowest BCUT2D eigenvalue weighted by Gasteiger charge is -2.15. The molecule has 0 heterocycles. The van der Waals surface area contributed by atoms with Crippen LogP contribution in [-0.2, 0) is 19.6 Å². The lowest BCUT2D eigenvalue weighted by atomic mass is 10.2. The highest BCUT2D eigenvalue weighted by atomic mass is 32.2. The summed E-state index contributed by atoms with van der Waals surface area (Å²) in [4.78, 5) is 24.9. The van der Waals surface area contributed by atoms with Gasteiger partial charge in [-0.2, -0.15) is 5.26 Å². The zero-order chi connectivity index (χ0) is 18.2. The molecule has 0 unspecified atom stereocenters. The predicted octanol–water partition coefficient (Wildman–Crippen LogP) is 0.514. The van der Waals surface area contributed by atoms with E-state index in [0.29, 0.717) is 0 Å². The van der Waals surface area contributed by atoms with Gasteiger partial charge in [0.05, 0.1) is 22.9 Å². The third kappa shape index (κ3) is 5.64. The number of likely N-dealkylation sites (N-methyl/N-ethyl adjacent to an activating group) is 1. The topological polar surface area (TPSA) is 117 Å². The molecular weight excluding hydrogens is 334 g/mol. The van der Waals surface area contributed by atoms with E-state index >= 15 is 0 Å². The molecular formula is C15H19N3O5S. The Morgan fingerprint density at radius 2 is 1.92 bits per heavy atom. The zero-order valence-corrected chi connectivity index (χ0v) is 14.3. The van der Waals surface area contributed by atoms with E-state index in [1.807, 2.05) is 6.07 Å². The average molecular weight is 353 g/mol. The summed E-state index contributed by atoms with van der Waals surface area (Å²) in [5, 5.41) is 8.46. The maximum Gasteiger partial charge on any atom is 0.338 e. The summed E-state index contributed by atoms with van der Waals surface area (Å²) in [6, 6.07) is 7.12. The number of hydrogen-bond donors (Lipinski definition) is 1. The number of nitriles is 1. The quantitative estimate of drug-likeness (QED) is 0.681. The normalized spacial score (nSPS) is 10.7. The number of carbonyl (C=O) groups excluding carboxylic acids is 2. The molecule has 130 valence electrons. The van der Waals surface area contributed by atoms with E-state index in [-0.39, 0.29) is 30.0 Å². The number of amides is 1. The number of esters is 1. The molecule has 0 aromatic heterocycles. The molecule has 8 nitrogen and oxygen atoms in total. The van der Waals surface area contributed by atoms with E-state index in [1.54, 1.807) is 6.92 Å². The number of carbonyl (C=O) groups is 2. The molecule has 0 aliphatic rings.